The van der Waals surface area contributed by atoms with E-state index < -0.39 is 18.2 Å². The van der Waals surface area contributed by atoms with Crippen LogP contribution in [0.4, 0.5) is 5.69 Å². The summed E-state index contributed by atoms with van der Waals surface area (Å²) in [4.78, 5) is 14.4. The number of hydrogen-bond donors (Lipinski definition) is 5. The molecule has 7 heteroatoms. The highest BCUT2D eigenvalue weighted by Gasteiger charge is 2.20. The standard InChI is InChI=1S/C11H17N3O4/c1-13-3-2-8(15)10(16)6-4-7(12)9(11(17)18)14-5-6/h4-5,8,10,13,15-16H,2-3,12H2,1H3,(H,17,18). The molecule has 0 amide bonds. The smallest absolute Gasteiger partial charge is 0.356 e. The van der Waals surface area contributed by atoms with E-state index in [0.29, 0.717) is 18.5 Å². The second kappa shape index (κ2) is 6.29. The van der Waals surface area contributed by atoms with Crippen molar-refractivity contribution in [3.05, 3.63) is 23.5 Å². The number of nitrogens with two attached hydrogens (primary N) is 1. The molecule has 0 aliphatic carbocycles. The first-order valence-corrected chi connectivity index (χ1v) is 5.46. The van der Waals surface area contributed by atoms with E-state index in [2.05, 4.69) is 10.3 Å². The number of rotatable bonds is 6. The third kappa shape index (κ3) is 3.39. The summed E-state index contributed by atoms with van der Waals surface area (Å²) in [5.74, 6) is -1.23. The molecule has 0 radical (unpaired) electrons. The third-order valence-corrected chi connectivity index (χ3v) is 2.54. The molecule has 0 aromatic carbocycles. The van der Waals surface area contributed by atoms with Gasteiger partial charge in [-0.25, -0.2) is 9.78 Å². The molecule has 2 atom stereocenters. The lowest BCUT2D eigenvalue weighted by Gasteiger charge is -2.18. The summed E-state index contributed by atoms with van der Waals surface area (Å²) < 4.78 is 0. The number of carbonyl (C=O) groups is 1. The number of nitrogens with zero attached hydrogens (tertiary/aromatic N) is 1. The largest absolute Gasteiger partial charge is 0.476 e. The highest BCUT2D eigenvalue weighted by atomic mass is 16.4. The first-order chi connectivity index (χ1) is 8.47. The number of carboxylic acids is 1. The molecule has 0 fully saturated rings. The van der Waals surface area contributed by atoms with Crippen LogP contribution in [0.5, 0.6) is 0 Å². The lowest BCUT2D eigenvalue weighted by Crippen LogP contribution is -2.23. The summed E-state index contributed by atoms with van der Waals surface area (Å²) in [5.41, 5.74) is 5.49. The molecular weight excluding hydrogens is 238 g/mol. The van der Waals surface area contributed by atoms with Crippen LogP contribution in [-0.2, 0) is 0 Å². The molecule has 0 spiro atoms. The van der Waals surface area contributed by atoms with Gasteiger partial charge in [0.05, 0.1) is 11.8 Å². The van der Waals surface area contributed by atoms with Crippen LogP contribution < -0.4 is 11.1 Å². The number of aliphatic hydroxyl groups is 2. The van der Waals surface area contributed by atoms with Crippen molar-refractivity contribution in [3.63, 3.8) is 0 Å². The lowest BCUT2D eigenvalue weighted by atomic mass is 10.0. The molecule has 0 saturated carbocycles. The van der Waals surface area contributed by atoms with E-state index in [9.17, 15) is 15.0 Å². The van der Waals surface area contributed by atoms with Crippen LogP contribution in [-0.4, -0.2) is 46.0 Å². The maximum absolute atomic E-state index is 10.7. The predicted octanol–water partition coefficient (Wildman–Crippen LogP) is -0.634. The molecule has 0 aliphatic heterocycles. The average Bonchev–Trinajstić information content (AvgIpc) is 2.34. The Kier molecular flexibility index (Phi) is 5.02. The normalized spacial score (nSPS) is 14.2. The Bertz CT molecular complexity index is 425. The van der Waals surface area contributed by atoms with Crippen molar-refractivity contribution in [2.24, 2.45) is 0 Å². The van der Waals surface area contributed by atoms with Gasteiger partial charge in [0.2, 0.25) is 0 Å². The van der Waals surface area contributed by atoms with Gasteiger partial charge in [0, 0.05) is 11.8 Å². The predicted molar refractivity (Wildman–Crippen MR) is 65.1 cm³/mol. The van der Waals surface area contributed by atoms with Gasteiger partial charge in [0.25, 0.3) is 0 Å². The Labute approximate surface area is 104 Å². The highest BCUT2D eigenvalue weighted by molar-refractivity contribution is 5.91. The first-order valence-electron chi connectivity index (χ1n) is 5.46. The number of aromatic nitrogens is 1. The highest BCUT2D eigenvalue weighted by Crippen LogP contribution is 2.21. The minimum Gasteiger partial charge on any atom is -0.476 e. The van der Waals surface area contributed by atoms with Gasteiger partial charge in [-0.05, 0) is 26.1 Å². The summed E-state index contributed by atoms with van der Waals surface area (Å²) in [5, 5.41) is 31.2. The summed E-state index contributed by atoms with van der Waals surface area (Å²) in [6.07, 6.45) is -0.545. The molecule has 0 bridgehead atoms. The number of aromatic carboxylic acids is 1. The fraction of sp³-hybridized carbons (Fsp3) is 0.455. The lowest BCUT2D eigenvalue weighted by molar-refractivity contribution is 0.0138. The van der Waals surface area contributed by atoms with Crippen molar-refractivity contribution in [2.45, 2.75) is 18.6 Å². The Morgan fingerprint density at radius 1 is 1.56 bits per heavy atom. The van der Waals surface area contributed by atoms with Crippen LogP contribution in [0.1, 0.15) is 28.6 Å². The van der Waals surface area contributed by atoms with E-state index in [-0.39, 0.29) is 11.4 Å². The van der Waals surface area contributed by atoms with E-state index in [1.54, 1.807) is 7.05 Å². The second-order valence-electron chi connectivity index (χ2n) is 3.92. The van der Waals surface area contributed by atoms with Crippen molar-refractivity contribution in [1.29, 1.82) is 0 Å². The summed E-state index contributed by atoms with van der Waals surface area (Å²) in [7, 11) is 1.74. The van der Waals surface area contributed by atoms with Gasteiger partial charge in [-0.15, -0.1) is 0 Å². The molecular formula is C11H17N3O4. The van der Waals surface area contributed by atoms with E-state index in [1.807, 2.05) is 0 Å². The van der Waals surface area contributed by atoms with E-state index >= 15 is 0 Å². The Hall–Kier alpha value is -1.70. The van der Waals surface area contributed by atoms with Gasteiger partial charge in [0.15, 0.2) is 5.69 Å². The maximum Gasteiger partial charge on any atom is 0.356 e. The molecule has 0 aliphatic rings. The fourth-order valence-electron chi connectivity index (χ4n) is 1.51. The molecule has 1 heterocycles. The Balaban J connectivity index is 2.83. The van der Waals surface area contributed by atoms with Crippen LogP contribution >= 0.6 is 0 Å². The van der Waals surface area contributed by atoms with Crippen LogP contribution in [0, 0.1) is 0 Å². The van der Waals surface area contributed by atoms with Crippen LogP contribution in [0.3, 0.4) is 0 Å². The molecule has 1 rings (SSSR count). The molecule has 18 heavy (non-hydrogen) atoms. The average molecular weight is 255 g/mol. The van der Waals surface area contributed by atoms with Crippen molar-refractivity contribution in [3.8, 4) is 0 Å². The molecule has 6 N–H and O–H groups in total. The van der Waals surface area contributed by atoms with Gasteiger partial charge >= 0.3 is 5.97 Å². The second-order valence-corrected chi connectivity index (χ2v) is 3.92. The fourth-order valence-corrected chi connectivity index (χ4v) is 1.51. The van der Waals surface area contributed by atoms with Crippen LogP contribution in [0.25, 0.3) is 0 Å². The zero-order valence-corrected chi connectivity index (χ0v) is 10.00. The number of hydrogen-bond acceptors (Lipinski definition) is 6. The monoisotopic (exact) mass is 255 g/mol. The molecule has 7 nitrogen and oxygen atoms in total. The quantitative estimate of drug-likeness (QED) is 0.457. The van der Waals surface area contributed by atoms with E-state index in [4.69, 9.17) is 10.8 Å². The minimum absolute atomic E-state index is 0.0418. The summed E-state index contributed by atoms with van der Waals surface area (Å²) in [6.45, 7) is 0.550. The molecule has 1 aromatic rings. The van der Waals surface area contributed by atoms with E-state index in [0.717, 1.165) is 0 Å². The van der Waals surface area contributed by atoms with Crippen molar-refractivity contribution in [1.82, 2.24) is 10.3 Å². The SMILES string of the molecule is CNCCC(O)C(O)c1cnc(C(=O)O)c(N)c1. The zero-order chi connectivity index (χ0) is 13.7. The Morgan fingerprint density at radius 3 is 2.72 bits per heavy atom. The molecule has 100 valence electrons. The number of aliphatic hydroxyl groups excluding tert-OH is 2. The van der Waals surface area contributed by atoms with Gasteiger partial charge in [-0.1, -0.05) is 0 Å². The van der Waals surface area contributed by atoms with Gasteiger partial charge in [0.1, 0.15) is 6.10 Å². The zero-order valence-electron chi connectivity index (χ0n) is 10.00. The number of nitrogen functional groups attached to an aromatic ring is 1. The maximum atomic E-state index is 10.7. The number of anilines is 1. The van der Waals surface area contributed by atoms with Crippen LogP contribution in [0.2, 0.25) is 0 Å². The number of nitrogens with one attached hydrogen (secondary N) is 1. The summed E-state index contributed by atoms with van der Waals surface area (Å²) in [6, 6.07) is 1.31. The van der Waals surface area contributed by atoms with Crippen LogP contribution in [0.15, 0.2) is 12.3 Å². The Morgan fingerprint density at radius 2 is 2.22 bits per heavy atom. The van der Waals surface area contributed by atoms with E-state index in [1.165, 1.54) is 12.3 Å². The van der Waals surface area contributed by atoms with Crippen molar-refractivity contribution < 1.29 is 20.1 Å². The third-order valence-electron chi connectivity index (χ3n) is 2.54. The molecule has 2 unspecified atom stereocenters. The number of pyridine rings is 1. The topological polar surface area (TPSA) is 129 Å². The first kappa shape index (κ1) is 14.4. The molecule has 1 aromatic heterocycles. The summed E-state index contributed by atoms with van der Waals surface area (Å²) >= 11 is 0. The molecule has 0 saturated heterocycles. The van der Waals surface area contributed by atoms with Crippen molar-refractivity contribution in [2.75, 3.05) is 19.3 Å². The minimum atomic E-state index is -1.23. The number of carboxylic acid groups (broad SMARTS) is 1. The van der Waals surface area contributed by atoms with Gasteiger partial charge in [-0.2, -0.15) is 0 Å². The van der Waals surface area contributed by atoms with Gasteiger partial charge < -0.3 is 26.4 Å². The van der Waals surface area contributed by atoms with Gasteiger partial charge in [-0.3, -0.25) is 0 Å². The van der Waals surface area contributed by atoms with Crippen molar-refractivity contribution >= 4 is 11.7 Å².